The van der Waals surface area contributed by atoms with Gasteiger partial charge in [-0.05, 0) is 54.2 Å². The molecule has 0 fully saturated rings. The van der Waals surface area contributed by atoms with E-state index in [1.165, 1.54) is 27.2 Å². The van der Waals surface area contributed by atoms with Gasteiger partial charge in [0.2, 0.25) is 17.1 Å². The first kappa shape index (κ1) is 25.9. The first-order valence-electron chi connectivity index (χ1n) is 11.5. The predicted molar refractivity (Wildman–Crippen MR) is 133 cm³/mol. The van der Waals surface area contributed by atoms with E-state index in [0.29, 0.717) is 54.1 Å². The quantitative estimate of drug-likeness (QED) is 0.494. The molecule has 9 nitrogen and oxygen atoms in total. The fourth-order valence-electron chi connectivity index (χ4n) is 4.56. The molecule has 0 saturated carbocycles. The van der Waals surface area contributed by atoms with E-state index in [1.807, 2.05) is 13.0 Å². The van der Waals surface area contributed by atoms with Crippen molar-refractivity contribution in [2.75, 3.05) is 26.6 Å². The molecule has 0 spiro atoms. The number of aryl methyl sites for hydroxylation is 1. The number of hydrogen-bond acceptors (Lipinski definition) is 7. The van der Waals surface area contributed by atoms with Crippen molar-refractivity contribution in [1.29, 1.82) is 0 Å². The van der Waals surface area contributed by atoms with Crippen molar-refractivity contribution in [2.24, 2.45) is 0 Å². The maximum atomic E-state index is 13.2. The molecule has 3 rings (SSSR count). The van der Waals surface area contributed by atoms with Crippen molar-refractivity contribution in [2.45, 2.75) is 51.6 Å². The Morgan fingerprint density at radius 2 is 1.83 bits per heavy atom. The van der Waals surface area contributed by atoms with E-state index in [9.17, 15) is 19.5 Å². The van der Waals surface area contributed by atoms with Gasteiger partial charge in [-0.3, -0.25) is 9.59 Å². The number of carboxylic acid groups (broad SMARTS) is 1. The highest BCUT2D eigenvalue weighted by Gasteiger charge is 2.29. The van der Waals surface area contributed by atoms with Crippen LogP contribution in [0.5, 0.6) is 17.2 Å². The second-order valence-corrected chi connectivity index (χ2v) is 8.42. The zero-order valence-electron chi connectivity index (χ0n) is 20.7. The van der Waals surface area contributed by atoms with Crippen LogP contribution >= 0.6 is 0 Å². The number of ether oxygens (including phenoxy) is 3. The Kier molecular flexibility index (Phi) is 8.22. The number of fused-ring (bicyclic) bond motifs is 3. The second kappa shape index (κ2) is 11.1. The molecule has 0 aliphatic heterocycles. The second-order valence-electron chi connectivity index (χ2n) is 8.42. The van der Waals surface area contributed by atoms with Gasteiger partial charge in [0.05, 0.1) is 33.1 Å². The molecule has 0 aromatic heterocycles. The smallest absolute Gasteiger partial charge is 0.326 e. The van der Waals surface area contributed by atoms with Gasteiger partial charge >= 0.3 is 5.97 Å². The Balaban J connectivity index is 2.32. The molecule has 0 unspecified atom stereocenters. The van der Waals surface area contributed by atoms with E-state index < -0.39 is 18.1 Å². The molecule has 35 heavy (non-hydrogen) atoms. The van der Waals surface area contributed by atoms with Gasteiger partial charge in [0.1, 0.15) is 6.04 Å². The highest BCUT2D eigenvalue weighted by Crippen LogP contribution is 2.50. The SMILES string of the molecule is CCC[C@H](Nc1ccc2c(cc1=O)[C@@H](NC(C)=O)CCc1cc(OC)c(OC)c(OC)c1-2)C(=O)O. The number of anilines is 1. The Morgan fingerprint density at radius 1 is 1.11 bits per heavy atom. The van der Waals surface area contributed by atoms with Gasteiger partial charge < -0.3 is 30.0 Å². The molecule has 2 aromatic rings. The van der Waals surface area contributed by atoms with E-state index in [-0.39, 0.29) is 17.0 Å². The molecule has 0 bridgehead atoms. The number of benzene rings is 1. The molecule has 188 valence electrons. The summed E-state index contributed by atoms with van der Waals surface area (Å²) >= 11 is 0. The lowest BCUT2D eigenvalue weighted by Crippen LogP contribution is -2.31. The maximum absolute atomic E-state index is 13.2. The van der Waals surface area contributed by atoms with E-state index in [1.54, 1.807) is 19.2 Å². The first-order chi connectivity index (χ1) is 16.7. The summed E-state index contributed by atoms with van der Waals surface area (Å²) in [5, 5.41) is 15.4. The number of aliphatic carboxylic acids is 1. The summed E-state index contributed by atoms with van der Waals surface area (Å²) < 4.78 is 16.9. The van der Waals surface area contributed by atoms with Crippen LogP contribution in [0.25, 0.3) is 11.1 Å². The van der Waals surface area contributed by atoms with Crippen molar-refractivity contribution in [3.8, 4) is 28.4 Å². The van der Waals surface area contributed by atoms with Crippen LogP contribution in [-0.2, 0) is 16.0 Å². The molecule has 9 heteroatoms. The Bertz CT molecular complexity index is 1180. The zero-order chi connectivity index (χ0) is 25.7. The van der Waals surface area contributed by atoms with Crippen LogP contribution in [0, 0.1) is 0 Å². The topological polar surface area (TPSA) is 123 Å². The van der Waals surface area contributed by atoms with E-state index in [0.717, 1.165) is 11.1 Å². The van der Waals surface area contributed by atoms with Crippen LogP contribution in [0.3, 0.4) is 0 Å². The molecular weight excluding hydrogens is 452 g/mol. The number of carboxylic acids is 1. The predicted octanol–water partition coefficient (Wildman–Crippen LogP) is 3.53. The molecule has 2 atom stereocenters. The van der Waals surface area contributed by atoms with Crippen LogP contribution in [0.15, 0.2) is 29.1 Å². The minimum atomic E-state index is -1.03. The van der Waals surface area contributed by atoms with Crippen molar-refractivity contribution < 1.29 is 28.9 Å². The summed E-state index contributed by atoms with van der Waals surface area (Å²) in [5.74, 6) is 0.131. The third-order valence-corrected chi connectivity index (χ3v) is 6.12. The minimum Gasteiger partial charge on any atom is -0.493 e. The summed E-state index contributed by atoms with van der Waals surface area (Å²) in [4.78, 5) is 36.9. The van der Waals surface area contributed by atoms with Crippen molar-refractivity contribution in [3.63, 3.8) is 0 Å². The largest absolute Gasteiger partial charge is 0.493 e. The van der Waals surface area contributed by atoms with Crippen LogP contribution in [0.4, 0.5) is 5.69 Å². The molecule has 0 saturated heterocycles. The van der Waals surface area contributed by atoms with E-state index >= 15 is 0 Å². The summed E-state index contributed by atoms with van der Waals surface area (Å²) in [6.07, 6.45) is 2.14. The third kappa shape index (κ3) is 5.34. The lowest BCUT2D eigenvalue weighted by atomic mass is 9.95. The Hall–Kier alpha value is -3.75. The summed E-state index contributed by atoms with van der Waals surface area (Å²) in [7, 11) is 4.60. The number of carbonyl (C=O) groups is 2. The maximum Gasteiger partial charge on any atom is 0.326 e. The standard InChI is InChI=1S/C26H32N2O7/c1-6-7-20(26(31)32)28-19-11-9-16-17(13-21(19)30)18(27-14(2)29)10-8-15-12-22(33-3)24(34-4)25(35-5)23(15)16/h9,11-13,18,20H,6-8,10H2,1-5H3,(H,27,29)(H,28,30)(H,31,32)/t18-,20-/m0/s1. The van der Waals surface area contributed by atoms with Gasteiger partial charge in [0.15, 0.2) is 11.5 Å². The Morgan fingerprint density at radius 3 is 2.40 bits per heavy atom. The van der Waals surface area contributed by atoms with E-state index in [2.05, 4.69) is 10.6 Å². The summed E-state index contributed by atoms with van der Waals surface area (Å²) in [6.45, 7) is 3.31. The highest BCUT2D eigenvalue weighted by atomic mass is 16.5. The monoisotopic (exact) mass is 484 g/mol. The third-order valence-electron chi connectivity index (χ3n) is 6.12. The van der Waals surface area contributed by atoms with Crippen molar-refractivity contribution in [1.82, 2.24) is 5.32 Å². The number of hydrogen-bond donors (Lipinski definition) is 3. The number of rotatable bonds is 9. The number of amides is 1. The normalized spacial score (nSPS) is 15.1. The van der Waals surface area contributed by atoms with Crippen LogP contribution < -0.4 is 30.3 Å². The van der Waals surface area contributed by atoms with Gasteiger partial charge in [-0.25, -0.2) is 4.79 Å². The molecule has 3 N–H and O–H groups in total. The lowest BCUT2D eigenvalue weighted by molar-refractivity contribution is -0.138. The van der Waals surface area contributed by atoms with Gasteiger partial charge in [0.25, 0.3) is 0 Å². The fraction of sp³-hybridized carbons (Fsp3) is 0.423. The number of methoxy groups -OCH3 is 3. The Labute approximate surface area is 204 Å². The van der Waals surface area contributed by atoms with Gasteiger partial charge in [0, 0.05) is 12.5 Å². The summed E-state index contributed by atoms with van der Waals surface area (Å²) in [6, 6.07) is 5.36. The first-order valence-corrected chi connectivity index (χ1v) is 11.5. The molecule has 1 aliphatic carbocycles. The minimum absolute atomic E-state index is 0.168. The molecule has 1 amide bonds. The lowest BCUT2D eigenvalue weighted by Gasteiger charge is -2.19. The van der Waals surface area contributed by atoms with Crippen molar-refractivity contribution >= 4 is 17.6 Å². The number of carbonyl (C=O) groups excluding carboxylic acids is 1. The summed E-state index contributed by atoms with van der Waals surface area (Å²) in [5.41, 5.74) is 2.74. The van der Waals surface area contributed by atoms with Gasteiger partial charge in [-0.2, -0.15) is 0 Å². The molecule has 0 heterocycles. The average Bonchev–Trinajstić information content (AvgIpc) is 3.06. The van der Waals surface area contributed by atoms with Crippen molar-refractivity contribution in [3.05, 3.63) is 45.6 Å². The van der Waals surface area contributed by atoms with Gasteiger partial charge in [-0.1, -0.05) is 19.4 Å². The highest BCUT2D eigenvalue weighted by molar-refractivity contribution is 5.84. The number of nitrogens with one attached hydrogen (secondary N) is 2. The molecule has 1 aliphatic rings. The fourth-order valence-corrected chi connectivity index (χ4v) is 4.56. The van der Waals surface area contributed by atoms with Crippen LogP contribution in [-0.4, -0.2) is 44.4 Å². The molecule has 2 aromatic carbocycles. The molecular formula is C26H32N2O7. The molecule has 0 radical (unpaired) electrons. The average molecular weight is 485 g/mol. The van der Waals surface area contributed by atoms with Crippen LogP contribution in [0.2, 0.25) is 0 Å². The van der Waals surface area contributed by atoms with Crippen LogP contribution in [0.1, 0.15) is 50.3 Å². The zero-order valence-corrected chi connectivity index (χ0v) is 20.7. The van der Waals surface area contributed by atoms with Gasteiger partial charge in [-0.15, -0.1) is 0 Å². The van der Waals surface area contributed by atoms with E-state index in [4.69, 9.17) is 14.2 Å².